The van der Waals surface area contributed by atoms with E-state index in [4.69, 9.17) is 5.73 Å². The number of nitrogen functional groups attached to an aromatic ring is 1. The summed E-state index contributed by atoms with van der Waals surface area (Å²) >= 11 is 0. The smallest absolute Gasteiger partial charge is 0.0629 e. The minimum atomic E-state index is 0.906. The van der Waals surface area contributed by atoms with Crippen molar-refractivity contribution in [1.82, 2.24) is 0 Å². The van der Waals surface area contributed by atoms with Gasteiger partial charge in [0.05, 0.1) is 11.4 Å². The number of benzene rings is 1. The Morgan fingerprint density at radius 3 is 2.67 bits per heavy atom. The summed E-state index contributed by atoms with van der Waals surface area (Å²) in [6, 6.07) is 6.16. The van der Waals surface area contributed by atoms with Gasteiger partial charge in [-0.25, -0.2) is 0 Å². The Hall–Kier alpha value is -1.18. The van der Waals surface area contributed by atoms with Crippen molar-refractivity contribution in [3.63, 3.8) is 0 Å². The zero-order valence-electron chi connectivity index (χ0n) is 9.66. The molecule has 1 aliphatic rings. The first kappa shape index (κ1) is 10.3. The molecule has 1 aromatic carbocycles. The van der Waals surface area contributed by atoms with Crippen LogP contribution in [0.25, 0.3) is 0 Å². The van der Waals surface area contributed by atoms with E-state index in [0.717, 1.165) is 18.2 Å². The molecule has 0 spiro atoms. The van der Waals surface area contributed by atoms with E-state index in [1.807, 2.05) is 12.1 Å². The maximum Gasteiger partial charge on any atom is 0.0629 e. The molecule has 0 aromatic heterocycles. The summed E-state index contributed by atoms with van der Waals surface area (Å²) in [5.74, 6) is 0.906. The van der Waals surface area contributed by atoms with Crippen molar-refractivity contribution in [2.45, 2.75) is 26.7 Å². The van der Waals surface area contributed by atoms with Crippen molar-refractivity contribution in [3.8, 4) is 0 Å². The number of rotatable bonds is 4. The molecular weight excluding hydrogens is 184 g/mol. The fourth-order valence-electron chi connectivity index (χ4n) is 2.10. The fourth-order valence-corrected chi connectivity index (χ4v) is 2.10. The molecule has 82 valence electrons. The maximum atomic E-state index is 6.05. The van der Waals surface area contributed by atoms with E-state index in [1.54, 1.807) is 0 Å². The number of anilines is 2. The Bertz CT molecular complexity index is 322. The van der Waals surface area contributed by atoms with Crippen LogP contribution >= 0.6 is 0 Å². The minimum Gasteiger partial charge on any atom is -0.397 e. The predicted molar refractivity (Wildman–Crippen MR) is 66.2 cm³/mol. The third kappa shape index (κ3) is 2.25. The van der Waals surface area contributed by atoms with E-state index in [-0.39, 0.29) is 0 Å². The molecule has 2 N–H and O–H groups in total. The molecule has 0 saturated heterocycles. The second-order valence-electron chi connectivity index (χ2n) is 4.49. The van der Waals surface area contributed by atoms with Crippen LogP contribution in [0.2, 0.25) is 0 Å². The average molecular weight is 204 g/mol. The van der Waals surface area contributed by atoms with Crippen LogP contribution in [-0.2, 0) is 0 Å². The van der Waals surface area contributed by atoms with Crippen LogP contribution in [0.1, 0.15) is 25.3 Å². The van der Waals surface area contributed by atoms with Crippen LogP contribution < -0.4 is 10.6 Å². The molecule has 0 unspecified atom stereocenters. The molecule has 0 atom stereocenters. The second-order valence-corrected chi connectivity index (χ2v) is 4.49. The summed E-state index contributed by atoms with van der Waals surface area (Å²) < 4.78 is 0. The summed E-state index contributed by atoms with van der Waals surface area (Å²) in [6.07, 6.45) is 2.78. The van der Waals surface area contributed by atoms with Gasteiger partial charge < -0.3 is 10.6 Å². The van der Waals surface area contributed by atoms with Crippen molar-refractivity contribution < 1.29 is 0 Å². The molecular formula is C13H20N2. The Morgan fingerprint density at radius 1 is 1.40 bits per heavy atom. The van der Waals surface area contributed by atoms with Gasteiger partial charge in [0, 0.05) is 13.1 Å². The number of aryl methyl sites for hydroxylation is 1. The highest BCUT2D eigenvalue weighted by Gasteiger charge is 2.24. The zero-order chi connectivity index (χ0) is 10.8. The highest BCUT2D eigenvalue weighted by molar-refractivity contribution is 5.71. The first-order valence-corrected chi connectivity index (χ1v) is 5.82. The first-order chi connectivity index (χ1) is 7.22. The summed E-state index contributed by atoms with van der Waals surface area (Å²) in [7, 11) is 0. The molecule has 0 amide bonds. The highest BCUT2D eigenvalue weighted by Crippen LogP contribution is 2.34. The lowest BCUT2D eigenvalue weighted by Crippen LogP contribution is -2.26. The Labute approximate surface area is 92.1 Å². The molecule has 2 rings (SSSR count). The van der Waals surface area contributed by atoms with Crippen LogP contribution in [0.5, 0.6) is 0 Å². The fraction of sp³-hybridized carbons (Fsp3) is 0.538. The van der Waals surface area contributed by atoms with Gasteiger partial charge in [-0.3, -0.25) is 0 Å². The normalized spacial score (nSPS) is 15.3. The van der Waals surface area contributed by atoms with Crippen molar-refractivity contribution in [2.24, 2.45) is 5.92 Å². The Balaban J connectivity index is 2.23. The van der Waals surface area contributed by atoms with Crippen LogP contribution in [0, 0.1) is 12.8 Å². The summed E-state index contributed by atoms with van der Waals surface area (Å²) in [6.45, 7) is 6.56. The van der Waals surface area contributed by atoms with Gasteiger partial charge in [-0.05, 0) is 44.2 Å². The van der Waals surface area contributed by atoms with E-state index >= 15 is 0 Å². The molecule has 0 heterocycles. The first-order valence-electron chi connectivity index (χ1n) is 5.82. The number of hydrogen-bond acceptors (Lipinski definition) is 2. The molecule has 1 saturated carbocycles. The van der Waals surface area contributed by atoms with Gasteiger partial charge in [-0.15, -0.1) is 0 Å². The minimum absolute atomic E-state index is 0.906. The van der Waals surface area contributed by atoms with E-state index < -0.39 is 0 Å². The van der Waals surface area contributed by atoms with Crippen molar-refractivity contribution in [1.29, 1.82) is 0 Å². The third-order valence-corrected chi connectivity index (χ3v) is 3.14. The molecule has 0 aliphatic heterocycles. The lowest BCUT2D eigenvalue weighted by atomic mass is 10.1. The molecule has 0 radical (unpaired) electrons. The molecule has 2 heteroatoms. The van der Waals surface area contributed by atoms with E-state index in [0.29, 0.717) is 0 Å². The average Bonchev–Trinajstić information content (AvgIpc) is 2.99. The monoisotopic (exact) mass is 204 g/mol. The summed E-state index contributed by atoms with van der Waals surface area (Å²) in [5, 5.41) is 0. The van der Waals surface area contributed by atoms with Crippen LogP contribution in [0.4, 0.5) is 11.4 Å². The number of hydrogen-bond donors (Lipinski definition) is 1. The molecule has 2 nitrogen and oxygen atoms in total. The van der Waals surface area contributed by atoms with Crippen LogP contribution in [-0.4, -0.2) is 13.1 Å². The van der Waals surface area contributed by atoms with Crippen LogP contribution in [0.15, 0.2) is 18.2 Å². The third-order valence-electron chi connectivity index (χ3n) is 3.14. The van der Waals surface area contributed by atoms with Gasteiger partial charge in [-0.2, -0.15) is 0 Å². The Kier molecular flexibility index (Phi) is 2.85. The number of nitrogens with zero attached hydrogens (tertiary/aromatic N) is 1. The molecule has 1 fully saturated rings. The van der Waals surface area contributed by atoms with Gasteiger partial charge in [0.2, 0.25) is 0 Å². The lowest BCUT2D eigenvalue weighted by Gasteiger charge is -2.26. The van der Waals surface area contributed by atoms with E-state index in [1.165, 1.54) is 30.6 Å². The number of para-hydroxylation sites is 1. The number of nitrogens with two attached hydrogens (primary N) is 1. The second kappa shape index (κ2) is 4.13. The van der Waals surface area contributed by atoms with E-state index in [2.05, 4.69) is 24.8 Å². The van der Waals surface area contributed by atoms with Gasteiger partial charge in [0.25, 0.3) is 0 Å². The van der Waals surface area contributed by atoms with Crippen LogP contribution in [0.3, 0.4) is 0 Å². The van der Waals surface area contributed by atoms with Gasteiger partial charge in [0.1, 0.15) is 0 Å². The van der Waals surface area contributed by atoms with Crippen molar-refractivity contribution >= 4 is 11.4 Å². The lowest BCUT2D eigenvalue weighted by molar-refractivity contribution is 0.741. The van der Waals surface area contributed by atoms with Crippen molar-refractivity contribution in [3.05, 3.63) is 23.8 Å². The van der Waals surface area contributed by atoms with E-state index in [9.17, 15) is 0 Å². The molecule has 15 heavy (non-hydrogen) atoms. The van der Waals surface area contributed by atoms with Gasteiger partial charge in [-0.1, -0.05) is 12.1 Å². The SMILES string of the molecule is CCN(CC1CC1)c1c(C)cccc1N. The molecule has 0 bridgehead atoms. The topological polar surface area (TPSA) is 29.3 Å². The zero-order valence-corrected chi connectivity index (χ0v) is 9.66. The quantitative estimate of drug-likeness (QED) is 0.764. The maximum absolute atomic E-state index is 6.05. The van der Waals surface area contributed by atoms with Crippen molar-refractivity contribution in [2.75, 3.05) is 23.7 Å². The molecule has 1 aliphatic carbocycles. The predicted octanol–water partition coefficient (Wildman–Crippen LogP) is 2.81. The highest BCUT2D eigenvalue weighted by atomic mass is 15.1. The summed E-state index contributed by atoms with van der Waals surface area (Å²) in [4.78, 5) is 2.42. The summed E-state index contributed by atoms with van der Waals surface area (Å²) in [5.41, 5.74) is 9.50. The standard InChI is InChI=1S/C13H20N2/c1-3-15(9-11-7-8-11)13-10(2)5-4-6-12(13)14/h4-6,11H,3,7-9,14H2,1-2H3. The largest absolute Gasteiger partial charge is 0.397 e. The molecule has 1 aromatic rings. The van der Waals surface area contributed by atoms with Gasteiger partial charge >= 0.3 is 0 Å². The Morgan fingerprint density at radius 2 is 2.13 bits per heavy atom. The van der Waals surface area contributed by atoms with Gasteiger partial charge in [0.15, 0.2) is 0 Å².